The first-order chi connectivity index (χ1) is 10.9. The van der Waals surface area contributed by atoms with Crippen molar-refractivity contribution in [2.24, 2.45) is 7.05 Å². The Morgan fingerprint density at radius 2 is 1.91 bits per heavy atom. The second kappa shape index (κ2) is 5.40. The second-order valence-electron chi connectivity index (χ2n) is 5.06. The van der Waals surface area contributed by atoms with E-state index < -0.39 is 14.9 Å². The van der Waals surface area contributed by atoms with Crippen molar-refractivity contribution in [1.29, 1.82) is 0 Å². The predicted octanol–water partition coefficient (Wildman–Crippen LogP) is 2.89. The van der Waals surface area contributed by atoms with E-state index in [1.165, 1.54) is 18.2 Å². The predicted molar refractivity (Wildman–Crippen MR) is 86.8 cm³/mol. The van der Waals surface area contributed by atoms with Gasteiger partial charge in [-0.2, -0.15) is 0 Å². The van der Waals surface area contributed by atoms with Crippen LogP contribution in [0.1, 0.15) is 0 Å². The fourth-order valence-corrected chi connectivity index (χ4v) is 3.41. The van der Waals surface area contributed by atoms with E-state index in [4.69, 9.17) is 0 Å². The molecule has 23 heavy (non-hydrogen) atoms. The van der Waals surface area contributed by atoms with Gasteiger partial charge in [0.15, 0.2) is 0 Å². The van der Waals surface area contributed by atoms with Gasteiger partial charge in [0, 0.05) is 42.0 Å². The summed E-state index contributed by atoms with van der Waals surface area (Å²) in [6.45, 7) is 0. The Labute approximate surface area is 132 Å². The standard InChI is InChI=1S/C15H13N3O4S/c1-17-8-7-11-9-12(5-6-15(11)17)16-23(21,22)14-4-2-3-13(10-14)18(19)20/h2-10,16H,1H3. The van der Waals surface area contributed by atoms with Gasteiger partial charge in [0.25, 0.3) is 15.7 Å². The second-order valence-corrected chi connectivity index (χ2v) is 6.74. The Balaban J connectivity index is 1.96. The van der Waals surface area contributed by atoms with E-state index in [9.17, 15) is 18.5 Å². The third-order valence-corrected chi connectivity index (χ3v) is 4.86. The first-order valence-electron chi connectivity index (χ1n) is 6.69. The number of nitrogens with one attached hydrogen (secondary N) is 1. The molecule has 1 aromatic heterocycles. The van der Waals surface area contributed by atoms with Crippen LogP contribution in [-0.2, 0) is 17.1 Å². The third-order valence-electron chi connectivity index (χ3n) is 3.48. The number of benzene rings is 2. The highest BCUT2D eigenvalue weighted by atomic mass is 32.2. The topological polar surface area (TPSA) is 94.2 Å². The Morgan fingerprint density at radius 1 is 1.13 bits per heavy atom. The molecule has 0 radical (unpaired) electrons. The molecule has 0 spiro atoms. The van der Waals surface area contributed by atoms with E-state index >= 15 is 0 Å². The number of anilines is 1. The normalized spacial score (nSPS) is 11.5. The average molecular weight is 331 g/mol. The number of hydrogen-bond donors (Lipinski definition) is 1. The molecule has 7 nitrogen and oxygen atoms in total. The fraction of sp³-hybridized carbons (Fsp3) is 0.0667. The Kier molecular flexibility index (Phi) is 3.53. The molecular weight excluding hydrogens is 318 g/mol. The molecule has 2 aromatic carbocycles. The minimum absolute atomic E-state index is 0.153. The van der Waals surface area contributed by atoms with Gasteiger partial charge in [-0.3, -0.25) is 14.8 Å². The lowest BCUT2D eigenvalue weighted by molar-refractivity contribution is -0.385. The summed E-state index contributed by atoms with van der Waals surface area (Å²) >= 11 is 0. The van der Waals surface area contributed by atoms with Crippen molar-refractivity contribution in [3.05, 3.63) is 64.8 Å². The monoisotopic (exact) mass is 331 g/mol. The van der Waals surface area contributed by atoms with Crippen LogP contribution in [-0.4, -0.2) is 17.9 Å². The lowest BCUT2D eigenvalue weighted by Gasteiger charge is -2.08. The van der Waals surface area contributed by atoms with Gasteiger partial charge in [0.1, 0.15) is 0 Å². The summed E-state index contributed by atoms with van der Waals surface area (Å²) in [5, 5.41) is 11.7. The van der Waals surface area contributed by atoms with Gasteiger partial charge >= 0.3 is 0 Å². The lowest BCUT2D eigenvalue weighted by atomic mass is 10.2. The molecule has 8 heteroatoms. The number of sulfonamides is 1. The molecule has 0 fully saturated rings. The molecule has 0 bridgehead atoms. The number of nitro groups is 1. The summed E-state index contributed by atoms with van der Waals surface area (Å²) in [7, 11) is -1.99. The highest BCUT2D eigenvalue weighted by Crippen LogP contribution is 2.23. The van der Waals surface area contributed by atoms with Gasteiger partial charge in [0.2, 0.25) is 0 Å². The van der Waals surface area contributed by atoms with E-state index in [-0.39, 0.29) is 10.6 Å². The Bertz CT molecular complexity index is 1010. The number of aryl methyl sites for hydroxylation is 1. The van der Waals surface area contributed by atoms with E-state index in [1.807, 2.05) is 23.9 Å². The van der Waals surface area contributed by atoms with Crippen molar-refractivity contribution in [3.63, 3.8) is 0 Å². The van der Waals surface area contributed by atoms with Crippen LogP contribution >= 0.6 is 0 Å². The summed E-state index contributed by atoms with van der Waals surface area (Å²) < 4.78 is 29.1. The fourth-order valence-electron chi connectivity index (χ4n) is 2.32. The molecule has 1 heterocycles. The molecule has 118 valence electrons. The molecule has 0 atom stereocenters. The quantitative estimate of drug-likeness (QED) is 0.587. The van der Waals surface area contributed by atoms with Crippen LogP contribution in [0.5, 0.6) is 0 Å². The maximum Gasteiger partial charge on any atom is 0.270 e. The first kappa shape index (κ1) is 15.0. The van der Waals surface area contributed by atoms with Gasteiger partial charge in [-0.15, -0.1) is 0 Å². The summed E-state index contributed by atoms with van der Waals surface area (Å²) in [6, 6.07) is 12.0. The largest absolute Gasteiger partial charge is 0.351 e. The number of hydrogen-bond acceptors (Lipinski definition) is 4. The number of non-ortho nitro benzene ring substituents is 1. The summed E-state index contributed by atoms with van der Waals surface area (Å²) in [6.07, 6.45) is 1.88. The maximum atomic E-state index is 12.4. The van der Waals surface area contributed by atoms with Crippen molar-refractivity contribution < 1.29 is 13.3 Å². The number of fused-ring (bicyclic) bond motifs is 1. The Morgan fingerprint density at radius 3 is 2.65 bits per heavy atom. The van der Waals surface area contributed by atoms with Crippen molar-refractivity contribution in [2.45, 2.75) is 4.90 Å². The smallest absolute Gasteiger partial charge is 0.270 e. The van der Waals surface area contributed by atoms with Crippen LogP contribution in [0.15, 0.2) is 59.6 Å². The zero-order valence-corrected chi connectivity index (χ0v) is 12.9. The first-order valence-corrected chi connectivity index (χ1v) is 8.17. The van der Waals surface area contributed by atoms with Crippen LogP contribution in [0, 0.1) is 10.1 Å². The SMILES string of the molecule is Cn1ccc2cc(NS(=O)(=O)c3cccc([N+](=O)[O-])c3)ccc21. The molecule has 0 unspecified atom stereocenters. The van der Waals surface area contributed by atoms with E-state index in [0.29, 0.717) is 5.69 Å². The van der Waals surface area contributed by atoms with Crippen molar-refractivity contribution in [2.75, 3.05) is 4.72 Å². The van der Waals surface area contributed by atoms with Gasteiger partial charge in [-0.1, -0.05) is 6.07 Å². The van der Waals surface area contributed by atoms with E-state index in [2.05, 4.69) is 4.72 Å². The molecule has 0 aliphatic carbocycles. The van der Waals surface area contributed by atoms with Gasteiger partial charge in [-0.25, -0.2) is 8.42 Å². The van der Waals surface area contributed by atoms with Crippen molar-refractivity contribution in [1.82, 2.24) is 4.57 Å². The zero-order valence-electron chi connectivity index (χ0n) is 12.1. The molecular formula is C15H13N3O4S. The highest BCUT2D eigenvalue weighted by molar-refractivity contribution is 7.92. The summed E-state index contributed by atoms with van der Waals surface area (Å²) in [5.41, 5.74) is 1.10. The summed E-state index contributed by atoms with van der Waals surface area (Å²) in [4.78, 5) is 9.99. The maximum absolute atomic E-state index is 12.4. The molecule has 1 N–H and O–H groups in total. The highest BCUT2D eigenvalue weighted by Gasteiger charge is 2.18. The van der Waals surface area contributed by atoms with Crippen LogP contribution in [0.25, 0.3) is 10.9 Å². The molecule has 3 rings (SSSR count). The minimum atomic E-state index is -3.89. The van der Waals surface area contributed by atoms with Crippen molar-refractivity contribution in [3.8, 4) is 0 Å². The number of aromatic nitrogens is 1. The number of nitro benzene ring substituents is 1. The van der Waals surface area contributed by atoms with Crippen LogP contribution in [0.2, 0.25) is 0 Å². The molecule has 0 saturated carbocycles. The van der Waals surface area contributed by atoms with Crippen molar-refractivity contribution >= 4 is 32.3 Å². The van der Waals surface area contributed by atoms with Gasteiger partial charge in [0.05, 0.1) is 9.82 Å². The van der Waals surface area contributed by atoms with Crippen LogP contribution in [0.4, 0.5) is 11.4 Å². The Hall–Kier alpha value is -2.87. The molecule has 0 aliphatic rings. The van der Waals surface area contributed by atoms with Gasteiger partial charge < -0.3 is 4.57 Å². The molecule has 3 aromatic rings. The molecule has 0 saturated heterocycles. The average Bonchev–Trinajstić information content (AvgIpc) is 2.88. The third kappa shape index (κ3) is 2.88. The van der Waals surface area contributed by atoms with Gasteiger partial charge in [-0.05, 0) is 30.3 Å². The molecule has 0 aliphatic heterocycles. The molecule has 0 amide bonds. The minimum Gasteiger partial charge on any atom is -0.351 e. The zero-order chi connectivity index (χ0) is 16.6. The van der Waals surface area contributed by atoms with E-state index in [1.54, 1.807) is 18.2 Å². The van der Waals surface area contributed by atoms with E-state index in [0.717, 1.165) is 17.0 Å². The lowest BCUT2D eigenvalue weighted by Crippen LogP contribution is -2.13. The summed E-state index contributed by atoms with van der Waals surface area (Å²) in [5.74, 6) is 0. The number of rotatable bonds is 4. The number of nitrogens with zero attached hydrogens (tertiary/aromatic N) is 2. The van der Waals surface area contributed by atoms with Crippen LogP contribution in [0.3, 0.4) is 0 Å². The van der Waals surface area contributed by atoms with Crippen LogP contribution < -0.4 is 4.72 Å².